The first-order valence-electron chi connectivity index (χ1n) is 4.27. The molecule has 0 aromatic carbocycles. The maximum atomic E-state index is 11.4. The lowest BCUT2D eigenvalue weighted by molar-refractivity contribution is 0.310. The van der Waals surface area contributed by atoms with Crippen LogP contribution < -0.4 is 5.32 Å². The van der Waals surface area contributed by atoms with Crippen molar-refractivity contribution in [2.75, 3.05) is 25.4 Å². The topological polar surface area (TPSA) is 49.4 Å². The normalized spacial score (nSPS) is 27.3. The van der Waals surface area contributed by atoms with E-state index >= 15 is 0 Å². The molecule has 0 amide bonds. The maximum Gasteiger partial charge on any atom is 0.213 e. The van der Waals surface area contributed by atoms with Crippen molar-refractivity contribution in [1.29, 1.82) is 0 Å². The third-order valence-electron chi connectivity index (χ3n) is 2.09. The second-order valence-corrected chi connectivity index (χ2v) is 5.37. The molecule has 0 saturated carbocycles. The van der Waals surface area contributed by atoms with Crippen LogP contribution in [0, 0.1) is 0 Å². The summed E-state index contributed by atoms with van der Waals surface area (Å²) < 4.78 is 24.4. The molecule has 1 fully saturated rings. The molecule has 1 atom stereocenters. The van der Waals surface area contributed by atoms with Gasteiger partial charge in [-0.2, -0.15) is 4.31 Å². The van der Waals surface area contributed by atoms with Gasteiger partial charge >= 0.3 is 0 Å². The number of nitrogens with zero attached hydrogens (tertiary/aromatic N) is 1. The second-order valence-electron chi connectivity index (χ2n) is 3.11. The van der Waals surface area contributed by atoms with Crippen LogP contribution in [0.3, 0.4) is 0 Å². The van der Waals surface area contributed by atoms with Crippen LogP contribution in [0.2, 0.25) is 0 Å². The van der Waals surface area contributed by atoms with Crippen molar-refractivity contribution in [3.63, 3.8) is 0 Å². The zero-order valence-electron chi connectivity index (χ0n) is 7.58. The number of hydrogen-bond donors (Lipinski definition) is 1. The van der Waals surface area contributed by atoms with E-state index in [9.17, 15) is 8.42 Å². The van der Waals surface area contributed by atoms with E-state index in [1.807, 2.05) is 6.92 Å². The van der Waals surface area contributed by atoms with Gasteiger partial charge in [0.2, 0.25) is 10.0 Å². The van der Waals surface area contributed by atoms with Gasteiger partial charge in [-0.05, 0) is 13.8 Å². The summed E-state index contributed by atoms with van der Waals surface area (Å²) in [5, 5.41) is 3.20. The summed E-state index contributed by atoms with van der Waals surface area (Å²) in [5.74, 6) is 0.208. The number of piperazine rings is 1. The first-order valence-corrected chi connectivity index (χ1v) is 5.88. The lowest BCUT2D eigenvalue weighted by atomic mass is 10.3. The van der Waals surface area contributed by atoms with E-state index in [1.165, 1.54) is 0 Å². The smallest absolute Gasteiger partial charge is 0.213 e. The molecular formula is C7H16N2O2S. The Morgan fingerprint density at radius 1 is 1.58 bits per heavy atom. The van der Waals surface area contributed by atoms with Crippen molar-refractivity contribution in [2.24, 2.45) is 0 Å². The van der Waals surface area contributed by atoms with Gasteiger partial charge in [0.05, 0.1) is 5.75 Å². The Labute approximate surface area is 74.0 Å². The van der Waals surface area contributed by atoms with E-state index in [1.54, 1.807) is 11.2 Å². The summed E-state index contributed by atoms with van der Waals surface area (Å²) in [6, 6.07) is 0.278. The fourth-order valence-electron chi connectivity index (χ4n) is 1.33. The Balaban J connectivity index is 2.63. The fourth-order valence-corrected chi connectivity index (χ4v) is 2.52. The molecule has 1 N–H and O–H groups in total. The van der Waals surface area contributed by atoms with E-state index in [0.29, 0.717) is 13.1 Å². The Bertz CT molecular complexity index is 238. The Kier molecular flexibility index (Phi) is 3.09. The average Bonchev–Trinajstić information content (AvgIpc) is 2.05. The van der Waals surface area contributed by atoms with E-state index in [4.69, 9.17) is 0 Å². The molecule has 0 radical (unpaired) electrons. The SMILES string of the molecule is CCS(=O)(=O)N1CCN[C@@H](C)C1. The van der Waals surface area contributed by atoms with E-state index < -0.39 is 10.0 Å². The fraction of sp³-hybridized carbons (Fsp3) is 1.00. The van der Waals surface area contributed by atoms with Crippen molar-refractivity contribution >= 4 is 10.0 Å². The Morgan fingerprint density at radius 2 is 2.25 bits per heavy atom. The molecule has 0 aliphatic carbocycles. The van der Waals surface area contributed by atoms with Crippen molar-refractivity contribution in [3.8, 4) is 0 Å². The lowest BCUT2D eigenvalue weighted by Crippen LogP contribution is -2.51. The molecule has 5 heteroatoms. The molecule has 1 rings (SSSR count). The minimum absolute atomic E-state index is 0.208. The third-order valence-corrected chi connectivity index (χ3v) is 3.94. The van der Waals surface area contributed by atoms with E-state index in [2.05, 4.69) is 5.32 Å². The summed E-state index contributed by atoms with van der Waals surface area (Å²) in [6.45, 7) is 5.66. The molecular weight excluding hydrogens is 176 g/mol. The lowest BCUT2D eigenvalue weighted by Gasteiger charge is -2.30. The zero-order chi connectivity index (χ0) is 9.19. The monoisotopic (exact) mass is 192 g/mol. The molecule has 0 spiro atoms. The number of hydrogen-bond acceptors (Lipinski definition) is 3. The van der Waals surface area contributed by atoms with Crippen molar-refractivity contribution in [1.82, 2.24) is 9.62 Å². The van der Waals surface area contributed by atoms with Gasteiger partial charge < -0.3 is 5.32 Å². The van der Waals surface area contributed by atoms with Gasteiger partial charge in [0, 0.05) is 25.7 Å². The van der Waals surface area contributed by atoms with E-state index in [0.717, 1.165) is 6.54 Å². The average molecular weight is 192 g/mol. The van der Waals surface area contributed by atoms with Crippen LogP contribution in [-0.2, 0) is 10.0 Å². The molecule has 1 aliphatic heterocycles. The summed E-state index contributed by atoms with van der Waals surface area (Å²) in [4.78, 5) is 0. The van der Waals surface area contributed by atoms with Crippen LogP contribution in [0.5, 0.6) is 0 Å². The molecule has 1 heterocycles. The van der Waals surface area contributed by atoms with Crippen LogP contribution in [-0.4, -0.2) is 44.2 Å². The van der Waals surface area contributed by atoms with Crippen molar-refractivity contribution in [2.45, 2.75) is 19.9 Å². The molecule has 72 valence electrons. The highest BCUT2D eigenvalue weighted by Crippen LogP contribution is 2.05. The van der Waals surface area contributed by atoms with Gasteiger partial charge in [0.15, 0.2) is 0 Å². The number of sulfonamides is 1. The molecule has 1 saturated heterocycles. The molecule has 12 heavy (non-hydrogen) atoms. The quantitative estimate of drug-likeness (QED) is 0.649. The van der Waals surface area contributed by atoms with Crippen LogP contribution in [0.25, 0.3) is 0 Å². The Hall–Kier alpha value is -0.130. The third kappa shape index (κ3) is 2.18. The maximum absolute atomic E-state index is 11.4. The van der Waals surface area contributed by atoms with Gasteiger partial charge in [-0.15, -0.1) is 0 Å². The van der Waals surface area contributed by atoms with Crippen LogP contribution in [0.4, 0.5) is 0 Å². The largest absolute Gasteiger partial charge is 0.312 e. The minimum Gasteiger partial charge on any atom is -0.312 e. The highest BCUT2D eigenvalue weighted by Gasteiger charge is 2.24. The Morgan fingerprint density at radius 3 is 2.75 bits per heavy atom. The predicted molar refractivity (Wildman–Crippen MR) is 48.5 cm³/mol. The number of nitrogens with one attached hydrogen (secondary N) is 1. The van der Waals surface area contributed by atoms with Gasteiger partial charge in [-0.25, -0.2) is 8.42 Å². The van der Waals surface area contributed by atoms with Crippen LogP contribution in [0.15, 0.2) is 0 Å². The summed E-state index contributed by atoms with van der Waals surface area (Å²) >= 11 is 0. The van der Waals surface area contributed by atoms with Crippen molar-refractivity contribution in [3.05, 3.63) is 0 Å². The highest BCUT2D eigenvalue weighted by atomic mass is 32.2. The van der Waals surface area contributed by atoms with Crippen molar-refractivity contribution < 1.29 is 8.42 Å². The van der Waals surface area contributed by atoms with Crippen LogP contribution >= 0.6 is 0 Å². The summed E-state index contributed by atoms with van der Waals surface area (Å²) in [6.07, 6.45) is 0. The van der Waals surface area contributed by atoms with Gasteiger partial charge in [0.25, 0.3) is 0 Å². The standard InChI is InChI=1S/C7H16N2O2S/c1-3-12(10,11)9-5-4-8-7(2)6-9/h7-8H,3-6H2,1-2H3/t7-/m0/s1. The van der Waals surface area contributed by atoms with Gasteiger partial charge in [-0.1, -0.05) is 0 Å². The molecule has 0 bridgehead atoms. The van der Waals surface area contributed by atoms with Crippen LogP contribution in [0.1, 0.15) is 13.8 Å². The zero-order valence-corrected chi connectivity index (χ0v) is 8.39. The first-order chi connectivity index (χ1) is 5.56. The summed E-state index contributed by atoms with van der Waals surface area (Å²) in [5.41, 5.74) is 0. The number of rotatable bonds is 2. The van der Waals surface area contributed by atoms with E-state index in [-0.39, 0.29) is 11.8 Å². The molecule has 0 unspecified atom stereocenters. The second kappa shape index (κ2) is 3.72. The molecule has 0 aromatic heterocycles. The van der Waals surface area contributed by atoms with Gasteiger partial charge in [-0.3, -0.25) is 0 Å². The first kappa shape index (κ1) is 9.95. The summed E-state index contributed by atoms with van der Waals surface area (Å²) in [7, 11) is -2.96. The highest BCUT2D eigenvalue weighted by molar-refractivity contribution is 7.89. The van der Waals surface area contributed by atoms with Gasteiger partial charge in [0.1, 0.15) is 0 Å². The molecule has 4 nitrogen and oxygen atoms in total. The minimum atomic E-state index is -2.96. The molecule has 0 aromatic rings. The predicted octanol–water partition coefficient (Wildman–Crippen LogP) is -0.370. The molecule has 1 aliphatic rings.